The highest BCUT2D eigenvalue weighted by atomic mass is 32.2. The summed E-state index contributed by atoms with van der Waals surface area (Å²) in [6.07, 6.45) is -0.761. The number of alkyl carbamates (subject to hydrolysis) is 1. The summed E-state index contributed by atoms with van der Waals surface area (Å²) >= 11 is 1.33. The quantitative estimate of drug-likeness (QED) is 0.828. The maximum atomic E-state index is 11.7. The molecule has 1 amide bonds. The molecular formula is C16H20N2O4S. The van der Waals surface area contributed by atoms with Crippen molar-refractivity contribution < 1.29 is 19.4 Å². The van der Waals surface area contributed by atoms with Gasteiger partial charge in [-0.1, -0.05) is 18.2 Å². The average molecular weight is 336 g/mol. The van der Waals surface area contributed by atoms with Gasteiger partial charge in [-0.3, -0.25) is 0 Å². The second kappa shape index (κ2) is 8.44. The second-order valence-corrected chi connectivity index (χ2v) is 6.85. The fourth-order valence-electron chi connectivity index (χ4n) is 1.67. The van der Waals surface area contributed by atoms with Crippen molar-refractivity contribution in [2.45, 2.75) is 38.2 Å². The van der Waals surface area contributed by atoms with Crippen molar-refractivity contribution >= 4 is 23.8 Å². The molecule has 0 bridgehead atoms. The van der Waals surface area contributed by atoms with Gasteiger partial charge in [0.25, 0.3) is 0 Å². The Kier molecular flexibility index (Phi) is 6.91. The van der Waals surface area contributed by atoms with Gasteiger partial charge in [0.15, 0.2) is 0 Å². The molecule has 0 fully saturated rings. The third-order valence-electron chi connectivity index (χ3n) is 2.67. The molecule has 0 heterocycles. The lowest BCUT2D eigenvalue weighted by Crippen LogP contribution is -2.44. The van der Waals surface area contributed by atoms with Crippen molar-refractivity contribution in [1.29, 1.82) is 5.26 Å². The summed E-state index contributed by atoms with van der Waals surface area (Å²) in [7, 11) is 0. The van der Waals surface area contributed by atoms with E-state index in [-0.39, 0.29) is 5.75 Å². The SMILES string of the molecule is CC(C)(C)OC(=O)N[C@@H](CSCc1ccccc1C#N)C(=O)O. The van der Waals surface area contributed by atoms with Crippen LogP contribution in [0, 0.1) is 11.3 Å². The molecule has 1 rings (SSSR count). The van der Waals surface area contributed by atoms with Crippen LogP contribution in [0.1, 0.15) is 31.9 Å². The van der Waals surface area contributed by atoms with Gasteiger partial charge in [-0.2, -0.15) is 17.0 Å². The molecule has 0 aromatic heterocycles. The van der Waals surface area contributed by atoms with E-state index in [1.54, 1.807) is 32.9 Å². The Bertz CT molecular complexity index is 605. The van der Waals surface area contributed by atoms with Gasteiger partial charge in [0.05, 0.1) is 11.6 Å². The second-order valence-electron chi connectivity index (χ2n) is 5.82. The topological polar surface area (TPSA) is 99.4 Å². The molecule has 6 nitrogen and oxygen atoms in total. The molecule has 2 N–H and O–H groups in total. The zero-order valence-corrected chi connectivity index (χ0v) is 14.1. The summed E-state index contributed by atoms with van der Waals surface area (Å²) in [5.74, 6) is -0.463. The van der Waals surface area contributed by atoms with E-state index in [0.29, 0.717) is 11.3 Å². The number of rotatable bonds is 6. The highest BCUT2D eigenvalue weighted by Crippen LogP contribution is 2.17. The Balaban J connectivity index is 2.56. The van der Waals surface area contributed by atoms with Gasteiger partial charge in [0, 0.05) is 11.5 Å². The van der Waals surface area contributed by atoms with Crippen molar-refractivity contribution in [3.63, 3.8) is 0 Å². The van der Waals surface area contributed by atoms with E-state index in [9.17, 15) is 14.7 Å². The van der Waals surface area contributed by atoms with E-state index in [4.69, 9.17) is 10.00 Å². The highest BCUT2D eigenvalue weighted by molar-refractivity contribution is 7.98. The number of carbonyl (C=O) groups excluding carboxylic acids is 1. The third kappa shape index (κ3) is 7.06. The minimum Gasteiger partial charge on any atom is -0.480 e. The molecule has 0 unspecified atom stereocenters. The number of thioether (sulfide) groups is 1. The molecule has 1 aromatic carbocycles. The maximum Gasteiger partial charge on any atom is 0.408 e. The van der Waals surface area contributed by atoms with Crippen molar-refractivity contribution in [1.82, 2.24) is 5.32 Å². The molecule has 1 aromatic rings. The first-order valence-electron chi connectivity index (χ1n) is 7.01. The van der Waals surface area contributed by atoms with Crippen LogP contribution < -0.4 is 5.32 Å². The minimum atomic E-state index is -1.13. The Morgan fingerprint density at radius 2 is 2.04 bits per heavy atom. The summed E-state index contributed by atoms with van der Waals surface area (Å²) in [6.45, 7) is 5.11. The standard InChI is InChI=1S/C16H20N2O4S/c1-16(2,3)22-15(21)18-13(14(19)20)10-23-9-12-7-5-4-6-11(12)8-17/h4-7,13H,9-10H2,1-3H3,(H,18,21)(H,19,20)/t13-/m0/s1. The van der Waals surface area contributed by atoms with Gasteiger partial charge in [-0.05, 0) is 32.4 Å². The predicted octanol–water partition coefficient (Wildman–Crippen LogP) is 2.77. The van der Waals surface area contributed by atoms with E-state index < -0.39 is 23.7 Å². The minimum absolute atomic E-state index is 0.175. The van der Waals surface area contributed by atoms with E-state index in [1.165, 1.54) is 11.8 Å². The molecule has 1 atom stereocenters. The molecule has 7 heteroatoms. The van der Waals surface area contributed by atoms with Crippen LogP contribution in [0.2, 0.25) is 0 Å². The number of aliphatic carboxylic acids is 1. The number of amides is 1. The molecule has 0 spiro atoms. The van der Waals surface area contributed by atoms with Crippen LogP contribution in [0.4, 0.5) is 4.79 Å². The van der Waals surface area contributed by atoms with Gasteiger partial charge in [-0.15, -0.1) is 0 Å². The van der Waals surface area contributed by atoms with Crippen LogP contribution in [-0.2, 0) is 15.3 Å². The Morgan fingerprint density at radius 3 is 2.61 bits per heavy atom. The van der Waals surface area contributed by atoms with Gasteiger partial charge in [0.2, 0.25) is 0 Å². The van der Waals surface area contributed by atoms with Gasteiger partial charge < -0.3 is 15.2 Å². The number of nitriles is 1. The molecule has 23 heavy (non-hydrogen) atoms. The smallest absolute Gasteiger partial charge is 0.408 e. The first-order valence-corrected chi connectivity index (χ1v) is 8.16. The maximum absolute atomic E-state index is 11.7. The lowest BCUT2D eigenvalue weighted by Gasteiger charge is -2.21. The summed E-state index contributed by atoms with van der Waals surface area (Å²) in [5, 5.41) is 20.5. The first-order chi connectivity index (χ1) is 10.7. The van der Waals surface area contributed by atoms with E-state index in [1.807, 2.05) is 12.1 Å². The average Bonchev–Trinajstić information content (AvgIpc) is 2.44. The Labute approximate surface area is 139 Å². The van der Waals surface area contributed by atoms with Crippen molar-refractivity contribution in [3.8, 4) is 6.07 Å². The fourth-order valence-corrected chi connectivity index (χ4v) is 2.72. The number of benzene rings is 1. The van der Waals surface area contributed by atoms with Crippen LogP contribution in [0.5, 0.6) is 0 Å². The molecule has 0 saturated heterocycles. The molecule has 0 aliphatic rings. The Morgan fingerprint density at radius 1 is 1.39 bits per heavy atom. The molecule has 0 saturated carbocycles. The lowest BCUT2D eigenvalue weighted by molar-refractivity contribution is -0.138. The zero-order chi connectivity index (χ0) is 17.5. The number of carboxylic acid groups (broad SMARTS) is 1. The van der Waals surface area contributed by atoms with E-state index in [2.05, 4.69) is 11.4 Å². The van der Waals surface area contributed by atoms with Crippen LogP contribution in [-0.4, -0.2) is 34.6 Å². The number of carbonyl (C=O) groups is 2. The molecule has 124 valence electrons. The highest BCUT2D eigenvalue weighted by Gasteiger charge is 2.23. The first kappa shape index (κ1) is 18.8. The van der Waals surface area contributed by atoms with E-state index in [0.717, 1.165) is 5.56 Å². The fraction of sp³-hybridized carbons (Fsp3) is 0.438. The normalized spacial score (nSPS) is 12.1. The number of hydrogen-bond donors (Lipinski definition) is 2. The number of carboxylic acids is 1. The summed E-state index contributed by atoms with van der Waals surface area (Å²) in [5.41, 5.74) is 0.708. The molecule has 0 radical (unpaired) electrons. The number of ether oxygens (including phenoxy) is 1. The molecule has 0 aliphatic carbocycles. The number of hydrogen-bond acceptors (Lipinski definition) is 5. The largest absolute Gasteiger partial charge is 0.480 e. The molecule has 0 aliphatic heterocycles. The van der Waals surface area contributed by atoms with Crippen molar-refractivity contribution in [2.75, 3.05) is 5.75 Å². The van der Waals surface area contributed by atoms with Crippen molar-refractivity contribution in [3.05, 3.63) is 35.4 Å². The van der Waals surface area contributed by atoms with Crippen molar-refractivity contribution in [2.24, 2.45) is 0 Å². The third-order valence-corrected chi connectivity index (χ3v) is 3.75. The monoisotopic (exact) mass is 336 g/mol. The van der Waals surface area contributed by atoms with Crippen LogP contribution in [0.25, 0.3) is 0 Å². The van der Waals surface area contributed by atoms with Crippen LogP contribution in [0.3, 0.4) is 0 Å². The van der Waals surface area contributed by atoms with Gasteiger partial charge in [0.1, 0.15) is 11.6 Å². The lowest BCUT2D eigenvalue weighted by atomic mass is 10.1. The number of nitrogens with zero attached hydrogens (tertiary/aromatic N) is 1. The summed E-state index contributed by atoms with van der Waals surface area (Å²) < 4.78 is 5.05. The van der Waals surface area contributed by atoms with Gasteiger partial charge in [-0.25, -0.2) is 9.59 Å². The zero-order valence-electron chi connectivity index (χ0n) is 13.3. The van der Waals surface area contributed by atoms with Gasteiger partial charge >= 0.3 is 12.1 Å². The Hall–Kier alpha value is -2.20. The predicted molar refractivity (Wildman–Crippen MR) is 88.1 cm³/mol. The van der Waals surface area contributed by atoms with Crippen LogP contribution in [0.15, 0.2) is 24.3 Å². The summed E-state index contributed by atoms with van der Waals surface area (Å²) in [4.78, 5) is 22.9. The van der Waals surface area contributed by atoms with E-state index >= 15 is 0 Å². The summed E-state index contributed by atoms with van der Waals surface area (Å²) in [6, 6.07) is 8.18. The molecular weight excluding hydrogens is 316 g/mol. The van der Waals surface area contributed by atoms with Crippen LogP contribution >= 0.6 is 11.8 Å². The number of nitrogens with one attached hydrogen (secondary N) is 1.